The molecular weight excluding hydrogens is 348 g/mol. The monoisotopic (exact) mass is 372 g/mol. The molecule has 3 atom stereocenters. The summed E-state index contributed by atoms with van der Waals surface area (Å²) in [5.74, 6) is 1.29. The molecule has 1 aromatic rings. The van der Waals surface area contributed by atoms with E-state index in [1.54, 1.807) is 0 Å². The molecule has 6 heteroatoms. The van der Waals surface area contributed by atoms with Crippen molar-refractivity contribution in [2.24, 2.45) is 17.8 Å². The molecule has 2 fully saturated rings. The van der Waals surface area contributed by atoms with Gasteiger partial charge in [-0.1, -0.05) is 6.42 Å². The molecule has 2 saturated carbocycles. The summed E-state index contributed by atoms with van der Waals surface area (Å²) in [6.07, 6.45) is 9.49. The van der Waals surface area contributed by atoms with E-state index in [1.165, 1.54) is 35.5 Å². The predicted octanol–water partition coefficient (Wildman–Crippen LogP) is 3.81. The van der Waals surface area contributed by atoms with Crippen molar-refractivity contribution in [3.8, 4) is 6.07 Å². The summed E-state index contributed by atoms with van der Waals surface area (Å²) in [7, 11) is 0. The van der Waals surface area contributed by atoms with Gasteiger partial charge in [-0.25, -0.2) is 0 Å². The zero-order chi connectivity index (χ0) is 18.1. The van der Waals surface area contributed by atoms with Gasteiger partial charge in [0.25, 0.3) is 5.91 Å². The van der Waals surface area contributed by atoms with Crippen LogP contribution in [0.15, 0.2) is 0 Å². The van der Waals surface area contributed by atoms with E-state index < -0.39 is 0 Å². The van der Waals surface area contributed by atoms with Crippen molar-refractivity contribution in [2.45, 2.75) is 57.8 Å². The van der Waals surface area contributed by atoms with Crippen LogP contribution >= 0.6 is 11.3 Å². The first-order valence-corrected chi connectivity index (χ1v) is 10.5. The molecule has 0 aromatic carbocycles. The molecular formula is C20H24N2O3S. The maximum atomic E-state index is 12.2. The number of rotatable bonds is 5. The molecule has 3 aliphatic rings. The molecule has 1 amide bonds. The number of hydrogen-bond donors (Lipinski definition) is 1. The summed E-state index contributed by atoms with van der Waals surface area (Å²) < 4.78 is 5.19. The highest BCUT2D eigenvalue weighted by molar-refractivity contribution is 7.16. The molecule has 138 valence electrons. The summed E-state index contributed by atoms with van der Waals surface area (Å²) in [5.41, 5.74) is 1.68. The number of nitrogens with one attached hydrogen (secondary N) is 1. The summed E-state index contributed by atoms with van der Waals surface area (Å²) in [5, 5.41) is 12.8. The van der Waals surface area contributed by atoms with Crippen LogP contribution < -0.4 is 5.32 Å². The van der Waals surface area contributed by atoms with Crippen LogP contribution in [0, 0.1) is 29.1 Å². The number of ether oxygens (including phenoxy) is 1. The maximum absolute atomic E-state index is 12.2. The second kappa shape index (κ2) is 7.40. The Morgan fingerprint density at radius 2 is 2.08 bits per heavy atom. The smallest absolute Gasteiger partial charge is 0.306 e. The average molecular weight is 372 g/mol. The van der Waals surface area contributed by atoms with Crippen molar-refractivity contribution in [2.75, 3.05) is 11.9 Å². The van der Waals surface area contributed by atoms with Gasteiger partial charge in [-0.3, -0.25) is 9.59 Å². The van der Waals surface area contributed by atoms with E-state index in [9.17, 15) is 14.9 Å². The largest absolute Gasteiger partial charge is 0.456 e. The van der Waals surface area contributed by atoms with E-state index in [2.05, 4.69) is 11.4 Å². The SMILES string of the molecule is N#Cc1c(NC(=O)COC(=O)C[C@H]2C[C@@H]3CC[C@@H]2C3)sc2c1CCCC2. The number of nitrogens with zero attached hydrogens (tertiary/aromatic N) is 1. The van der Waals surface area contributed by atoms with Crippen LogP contribution in [0.5, 0.6) is 0 Å². The van der Waals surface area contributed by atoms with Crippen LogP contribution in [0.1, 0.15) is 60.9 Å². The van der Waals surface area contributed by atoms with Gasteiger partial charge >= 0.3 is 5.97 Å². The highest BCUT2D eigenvalue weighted by Crippen LogP contribution is 2.49. The molecule has 0 unspecified atom stereocenters. The molecule has 1 heterocycles. The Balaban J connectivity index is 1.28. The summed E-state index contributed by atoms with van der Waals surface area (Å²) in [6.45, 7) is -0.271. The summed E-state index contributed by atoms with van der Waals surface area (Å²) in [6, 6.07) is 2.23. The van der Waals surface area contributed by atoms with Crippen molar-refractivity contribution >= 4 is 28.2 Å². The molecule has 2 bridgehead atoms. The van der Waals surface area contributed by atoms with Gasteiger partial charge in [0, 0.05) is 11.3 Å². The number of amides is 1. The minimum Gasteiger partial charge on any atom is -0.456 e. The molecule has 3 aliphatic carbocycles. The van der Waals surface area contributed by atoms with Crippen LogP contribution in [0.3, 0.4) is 0 Å². The number of hydrogen-bond acceptors (Lipinski definition) is 5. The van der Waals surface area contributed by atoms with Crippen molar-refractivity contribution < 1.29 is 14.3 Å². The number of carbonyl (C=O) groups excluding carboxylic acids is 2. The fourth-order valence-electron chi connectivity index (χ4n) is 4.98. The molecule has 26 heavy (non-hydrogen) atoms. The third kappa shape index (κ3) is 3.50. The zero-order valence-electron chi connectivity index (χ0n) is 14.9. The second-order valence-corrected chi connectivity index (χ2v) is 8.98. The Hall–Kier alpha value is -1.87. The first kappa shape index (κ1) is 17.5. The Bertz CT molecular complexity index is 764. The van der Waals surface area contributed by atoms with Crippen LogP contribution in [-0.2, 0) is 27.2 Å². The third-order valence-corrected chi connectivity index (χ3v) is 7.42. The predicted molar refractivity (Wildman–Crippen MR) is 98.8 cm³/mol. The Morgan fingerprint density at radius 1 is 1.23 bits per heavy atom. The van der Waals surface area contributed by atoms with Crippen LogP contribution in [0.4, 0.5) is 5.00 Å². The molecule has 4 rings (SSSR count). The van der Waals surface area contributed by atoms with E-state index in [4.69, 9.17) is 4.74 Å². The number of esters is 1. The van der Waals surface area contributed by atoms with Gasteiger partial charge in [-0.15, -0.1) is 11.3 Å². The van der Waals surface area contributed by atoms with Crippen LogP contribution in [0.25, 0.3) is 0 Å². The minimum absolute atomic E-state index is 0.271. The lowest BCUT2D eigenvalue weighted by Gasteiger charge is -2.20. The van der Waals surface area contributed by atoms with Crippen molar-refractivity contribution in [3.63, 3.8) is 0 Å². The highest BCUT2D eigenvalue weighted by atomic mass is 32.1. The number of thiophene rings is 1. The fourth-order valence-corrected chi connectivity index (χ4v) is 6.24. The first-order chi connectivity index (χ1) is 12.6. The van der Waals surface area contributed by atoms with Gasteiger partial charge in [-0.05, 0) is 68.3 Å². The van der Waals surface area contributed by atoms with E-state index >= 15 is 0 Å². The third-order valence-electron chi connectivity index (χ3n) is 6.21. The van der Waals surface area contributed by atoms with Gasteiger partial charge < -0.3 is 10.1 Å². The topological polar surface area (TPSA) is 79.2 Å². The van der Waals surface area contributed by atoms with Gasteiger partial charge in [0.15, 0.2) is 6.61 Å². The van der Waals surface area contributed by atoms with E-state index in [0.29, 0.717) is 28.8 Å². The second-order valence-electron chi connectivity index (χ2n) is 7.87. The van der Waals surface area contributed by atoms with Crippen molar-refractivity contribution in [3.05, 3.63) is 16.0 Å². The first-order valence-electron chi connectivity index (χ1n) is 9.64. The molecule has 0 spiro atoms. The number of anilines is 1. The zero-order valence-corrected chi connectivity index (χ0v) is 15.7. The molecule has 0 aliphatic heterocycles. The Labute approximate surface area is 157 Å². The average Bonchev–Trinajstić information content (AvgIpc) is 3.33. The molecule has 1 aromatic heterocycles. The lowest BCUT2D eigenvalue weighted by Crippen LogP contribution is -2.23. The summed E-state index contributed by atoms with van der Waals surface area (Å²) in [4.78, 5) is 25.4. The standard InChI is InChI=1S/C20H24N2O3S/c21-10-16-15-3-1-2-4-17(15)26-20(16)22-18(23)11-25-19(24)9-14-8-12-5-6-13(14)7-12/h12-14H,1-9,11H2,(H,22,23)/t12-,13-,14-/m1/s1. The summed E-state index contributed by atoms with van der Waals surface area (Å²) >= 11 is 1.49. The lowest BCUT2D eigenvalue weighted by atomic mass is 9.86. The molecule has 0 radical (unpaired) electrons. The van der Waals surface area contributed by atoms with Gasteiger partial charge in [0.1, 0.15) is 11.1 Å². The highest BCUT2D eigenvalue weighted by Gasteiger charge is 2.40. The van der Waals surface area contributed by atoms with Gasteiger partial charge in [-0.2, -0.15) is 5.26 Å². The van der Waals surface area contributed by atoms with Gasteiger partial charge in [0.05, 0.1) is 5.56 Å². The fraction of sp³-hybridized carbons (Fsp3) is 0.650. The van der Waals surface area contributed by atoms with Crippen molar-refractivity contribution in [1.82, 2.24) is 0 Å². The van der Waals surface area contributed by atoms with E-state index in [-0.39, 0.29) is 18.5 Å². The van der Waals surface area contributed by atoms with E-state index in [1.807, 2.05) is 0 Å². The van der Waals surface area contributed by atoms with Gasteiger partial charge in [0.2, 0.25) is 0 Å². The van der Waals surface area contributed by atoms with Crippen molar-refractivity contribution in [1.29, 1.82) is 5.26 Å². The maximum Gasteiger partial charge on any atom is 0.306 e. The number of fused-ring (bicyclic) bond motifs is 3. The molecule has 0 saturated heterocycles. The van der Waals surface area contributed by atoms with Crippen LogP contribution in [-0.4, -0.2) is 18.5 Å². The van der Waals surface area contributed by atoms with Crippen LogP contribution in [0.2, 0.25) is 0 Å². The van der Waals surface area contributed by atoms with E-state index in [0.717, 1.165) is 43.6 Å². The normalized spacial score (nSPS) is 26.2. The minimum atomic E-state index is -0.360. The lowest BCUT2D eigenvalue weighted by molar-refractivity contribution is -0.148. The quantitative estimate of drug-likeness (QED) is 0.797. The Kier molecular flexibility index (Phi) is 4.99. The molecule has 5 nitrogen and oxygen atoms in total. The Morgan fingerprint density at radius 3 is 2.81 bits per heavy atom. The number of carbonyl (C=O) groups is 2. The number of nitriles is 1. The number of aryl methyl sites for hydroxylation is 1. The molecule has 1 N–H and O–H groups in total.